The Bertz CT molecular complexity index is 942. The summed E-state index contributed by atoms with van der Waals surface area (Å²) in [6.07, 6.45) is 1.48. The lowest BCUT2D eigenvalue weighted by atomic mass is 10.1. The molecule has 0 radical (unpaired) electrons. The standard InChI is InChI=1S/C23H26N2O4/c1-14-10-16-6-4-5-7-19(16)25(14)23(27)18-12-17(18)22(26)24-13-15-8-9-20(28-2)21(11-15)29-3/h4-9,11,14,17-18H,10,12-13H2,1-3H3,(H,24,26). The number of hydrogen-bond acceptors (Lipinski definition) is 4. The minimum Gasteiger partial charge on any atom is -0.493 e. The van der Waals surface area contributed by atoms with Gasteiger partial charge in [-0.2, -0.15) is 0 Å². The third-order valence-electron chi connectivity index (χ3n) is 5.80. The van der Waals surface area contributed by atoms with E-state index in [2.05, 4.69) is 18.3 Å². The maximum atomic E-state index is 13.0. The van der Waals surface area contributed by atoms with Crippen LogP contribution < -0.4 is 19.7 Å². The van der Waals surface area contributed by atoms with Crippen LogP contribution in [-0.4, -0.2) is 32.1 Å². The number of ether oxygens (including phenoxy) is 2. The number of rotatable bonds is 6. The maximum Gasteiger partial charge on any atom is 0.231 e. The molecule has 0 bridgehead atoms. The Balaban J connectivity index is 1.36. The van der Waals surface area contributed by atoms with Crippen LogP contribution in [0.3, 0.4) is 0 Å². The Kier molecular flexibility index (Phi) is 5.18. The van der Waals surface area contributed by atoms with Gasteiger partial charge >= 0.3 is 0 Å². The van der Waals surface area contributed by atoms with Gasteiger partial charge in [0.15, 0.2) is 11.5 Å². The highest BCUT2D eigenvalue weighted by Gasteiger charge is 2.51. The smallest absolute Gasteiger partial charge is 0.231 e. The minimum absolute atomic E-state index is 0.0636. The Labute approximate surface area is 170 Å². The number of benzene rings is 2. The number of nitrogens with one attached hydrogen (secondary N) is 1. The minimum atomic E-state index is -0.248. The van der Waals surface area contributed by atoms with Crippen molar-refractivity contribution in [3.63, 3.8) is 0 Å². The molecule has 2 aromatic rings. The number of amides is 2. The fraction of sp³-hybridized carbons (Fsp3) is 0.391. The van der Waals surface area contributed by atoms with E-state index in [1.807, 2.05) is 41.3 Å². The normalized spacial score (nSPS) is 22.0. The van der Waals surface area contributed by atoms with E-state index in [4.69, 9.17) is 9.47 Å². The molecule has 3 atom stereocenters. The number of methoxy groups -OCH3 is 2. The number of fused-ring (bicyclic) bond motifs is 1. The topological polar surface area (TPSA) is 67.9 Å². The van der Waals surface area contributed by atoms with Crippen LogP contribution in [0, 0.1) is 11.8 Å². The van der Waals surface area contributed by atoms with Crippen molar-refractivity contribution >= 4 is 17.5 Å². The molecule has 2 amide bonds. The zero-order chi connectivity index (χ0) is 20.5. The molecule has 1 saturated carbocycles. The molecule has 2 aromatic carbocycles. The molecule has 1 fully saturated rings. The average molecular weight is 394 g/mol. The van der Waals surface area contributed by atoms with E-state index >= 15 is 0 Å². The number of para-hydroxylation sites is 1. The monoisotopic (exact) mass is 394 g/mol. The van der Waals surface area contributed by atoms with Crippen molar-refractivity contribution < 1.29 is 19.1 Å². The molecule has 152 valence electrons. The third kappa shape index (κ3) is 3.67. The maximum absolute atomic E-state index is 13.0. The van der Waals surface area contributed by atoms with E-state index in [9.17, 15) is 9.59 Å². The molecule has 1 N–H and O–H groups in total. The van der Waals surface area contributed by atoms with E-state index in [0.29, 0.717) is 24.5 Å². The predicted octanol–water partition coefficient (Wildman–Crippen LogP) is 2.93. The number of nitrogens with zero attached hydrogens (tertiary/aromatic N) is 1. The Morgan fingerprint density at radius 3 is 2.59 bits per heavy atom. The molecule has 4 rings (SSSR count). The van der Waals surface area contributed by atoms with E-state index in [1.54, 1.807) is 14.2 Å². The van der Waals surface area contributed by atoms with Crippen LogP contribution in [0.4, 0.5) is 5.69 Å². The fourth-order valence-electron chi connectivity index (χ4n) is 4.15. The van der Waals surface area contributed by atoms with Gasteiger partial charge in [-0.25, -0.2) is 0 Å². The SMILES string of the molecule is COc1ccc(CNC(=O)C2CC2C(=O)N2c3ccccc3CC2C)cc1OC. The number of anilines is 1. The van der Waals surface area contributed by atoms with Gasteiger partial charge in [0.2, 0.25) is 11.8 Å². The highest BCUT2D eigenvalue weighted by Crippen LogP contribution is 2.43. The molecule has 29 heavy (non-hydrogen) atoms. The van der Waals surface area contributed by atoms with Crippen molar-refractivity contribution in [3.8, 4) is 11.5 Å². The highest BCUT2D eigenvalue weighted by atomic mass is 16.5. The Hall–Kier alpha value is -3.02. The molecule has 0 saturated heterocycles. The van der Waals surface area contributed by atoms with Crippen LogP contribution in [0.15, 0.2) is 42.5 Å². The van der Waals surface area contributed by atoms with Gasteiger partial charge in [-0.3, -0.25) is 9.59 Å². The van der Waals surface area contributed by atoms with Crippen molar-refractivity contribution in [2.75, 3.05) is 19.1 Å². The molecule has 1 aliphatic heterocycles. The average Bonchev–Trinajstić information content (AvgIpc) is 3.47. The second-order valence-electron chi connectivity index (χ2n) is 7.75. The summed E-state index contributed by atoms with van der Waals surface area (Å²) < 4.78 is 10.5. The summed E-state index contributed by atoms with van der Waals surface area (Å²) in [6.45, 7) is 2.45. The first-order chi connectivity index (χ1) is 14.0. The lowest BCUT2D eigenvalue weighted by Gasteiger charge is -2.23. The predicted molar refractivity (Wildman–Crippen MR) is 110 cm³/mol. The molecule has 0 spiro atoms. The van der Waals surface area contributed by atoms with Crippen LogP contribution >= 0.6 is 0 Å². The molecule has 3 unspecified atom stereocenters. The van der Waals surface area contributed by atoms with Crippen molar-refractivity contribution in [3.05, 3.63) is 53.6 Å². The Morgan fingerprint density at radius 1 is 1.07 bits per heavy atom. The molecule has 1 heterocycles. The summed E-state index contributed by atoms with van der Waals surface area (Å²) in [7, 11) is 3.17. The summed E-state index contributed by atoms with van der Waals surface area (Å²) in [5.74, 6) is 0.791. The quantitative estimate of drug-likeness (QED) is 0.818. The van der Waals surface area contributed by atoms with E-state index in [1.165, 1.54) is 5.56 Å². The van der Waals surface area contributed by atoms with Gasteiger partial charge in [0.1, 0.15) is 0 Å². The summed E-state index contributed by atoms with van der Waals surface area (Å²) in [5.41, 5.74) is 3.10. The first-order valence-electron chi connectivity index (χ1n) is 9.93. The lowest BCUT2D eigenvalue weighted by Crippen LogP contribution is -2.38. The number of carbonyl (C=O) groups is 2. The van der Waals surface area contributed by atoms with Gasteiger partial charge in [0, 0.05) is 18.3 Å². The van der Waals surface area contributed by atoms with Crippen LogP contribution in [0.1, 0.15) is 24.5 Å². The molecule has 6 heteroatoms. The summed E-state index contributed by atoms with van der Waals surface area (Å²) in [6, 6.07) is 13.7. The lowest BCUT2D eigenvalue weighted by molar-refractivity contribution is -0.126. The van der Waals surface area contributed by atoms with Crippen LogP contribution in [-0.2, 0) is 22.6 Å². The fourth-order valence-corrected chi connectivity index (χ4v) is 4.15. The van der Waals surface area contributed by atoms with Crippen LogP contribution in [0.25, 0.3) is 0 Å². The second kappa shape index (κ2) is 7.78. The molecule has 0 aromatic heterocycles. The first-order valence-corrected chi connectivity index (χ1v) is 9.93. The van der Waals surface area contributed by atoms with E-state index in [0.717, 1.165) is 17.7 Å². The summed E-state index contributed by atoms with van der Waals surface area (Å²) in [5, 5.41) is 2.95. The number of hydrogen-bond donors (Lipinski definition) is 1. The molecule has 2 aliphatic rings. The van der Waals surface area contributed by atoms with Crippen molar-refractivity contribution in [1.82, 2.24) is 5.32 Å². The molecular weight excluding hydrogens is 368 g/mol. The summed E-state index contributed by atoms with van der Waals surface area (Å²) >= 11 is 0. The van der Waals surface area contributed by atoms with Gasteiger partial charge in [-0.1, -0.05) is 24.3 Å². The first kappa shape index (κ1) is 19.3. The van der Waals surface area contributed by atoms with Gasteiger partial charge < -0.3 is 19.7 Å². The second-order valence-corrected chi connectivity index (χ2v) is 7.75. The van der Waals surface area contributed by atoms with Gasteiger partial charge in [0.05, 0.1) is 26.1 Å². The zero-order valence-electron chi connectivity index (χ0n) is 17.0. The largest absolute Gasteiger partial charge is 0.493 e. The molecule has 6 nitrogen and oxygen atoms in total. The Morgan fingerprint density at radius 2 is 1.83 bits per heavy atom. The van der Waals surface area contributed by atoms with Gasteiger partial charge in [-0.15, -0.1) is 0 Å². The summed E-state index contributed by atoms with van der Waals surface area (Å²) in [4.78, 5) is 27.5. The van der Waals surface area contributed by atoms with Crippen molar-refractivity contribution in [2.24, 2.45) is 11.8 Å². The third-order valence-corrected chi connectivity index (χ3v) is 5.80. The number of carbonyl (C=O) groups excluding carboxylic acids is 2. The molecular formula is C23H26N2O4. The van der Waals surface area contributed by atoms with Crippen molar-refractivity contribution in [2.45, 2.75) is 32.4 Å². The zero-order valence-corrected chi connectivity index (χ0v) is 17.0. The van der Waals surface area contributed by atoms with E-state index < -0.39 is 0 Å². The van der Waals surface area contributed by atoms with Crippen LogP contribution in [0.5, 0.6) is 11.5 Å². The van der Waals surface area contributed by atoms with Crippen molar-refractivity contribution in [1.29, 1.82) is 0 Å². The van der Waals surface area contributed by atoms with Crippen LogP contribution in [0.2, 0.25) is 0 Å². The highest BCUT2D eigenvalue weighted by molar-refractivity contribution is 6.02. The van der Waals surface area contributed by atoms with E-state index in [-0.39, 0.29) is 29.7 Å². The van der Waals surface area contributed by atoms with Gasteiger partial charge in [0.25, 0.3) is 0 Å². The molecule has 1 aliphatic carbocycles. The van der Waals surface area contributed by atoms with Gasteiger partial charge in [-0.05, 0) is 49.1 Å².